The molecule has 2 aromatic rings. The van der Waals surface area contributed by atoms with Gasteiger partial charge in [0, 0.05) is 23.4 Å². The molecule has 3 N–H and O–H groups in total. The van der Waals surface area contributed by atoms with Crippen LogP contribution in [-0.4, -0.2) is 24.1 Å². The number of aromatic nitrogens is 2. The van der Waals surface area contributed by atoms with E-state index in [-0.39, 0.29) is 15.3 Å². The molecule has 1 heterocycles. The number of hydrogen-bond acceptors (Lipinski definition) is 4. The van der Waals surface area contributed by atoms with Crippen LogP contribution < -0.4 is 10.5 Å². The Morgan fingerprint density at radius 1 is 1.40 bits per heavy atom. The monoisotopic (exact) mass is 358 g/mol. The Morgan fingerprint density at radius 2 is 2.10 bits per heavy atom. The minimum absolute atomic E-state index is 0.0453. The molecule has 0 aliphatic rings. The predicted molar refractivity (Wildman–Crippen MR) is 76.7 cm³/mol. The van der Waals surface area contributed by atoms with Gasteiger partial charge >= 0.3 is 0 Å². The van der Waals surface area contributed by atoms with Gasteiger partial charge in [-0.15, -0.1) is 0 Å². The van der Waals surface area contributed by atoms with Crippen LogP contribution >= 0.6 is 15.9 Å². The molecule has 20 heavy (non-hydrogen) atoms. The lowest BCUT2D eigenvalue weighted by molar-refractivity contribution is 0.101. The lowest BCUT2D eigenvalue weighted by Gasteiger charge is -2.08. The number of aryl methyl sites for hydroxylation is 1. The highest BCUT2D eigenvalue weighted by Gasteiger charge is 2.15. The number of rotatable bonds is 3. The van der Waals surface area contributed by atoms with Gasteiger partial charge in [0.15, 0.2) is 0 Å². The molecular formula is C11H11BrN4O3S. The molecule has 0 radical (unpaired) electrons. The Morgan fingerprint density at radius 3 is 2.60 bits per heavy atom. The molecule has 0 aliphatic heterocycles. The van der Waals surface area contributed by atoms with Crippen molar-refractivity contribution in [2.75, 3.05) is 5.32 Å². The summed E-state index contributed by atoms with van der Waals surface area (Å²) in [6, 6.07) is 5.81. The van der Waals surface area contributed by atoms with Crippen molar-refractivity contribution in [2.45, 2.75) is 4.90 Å². The van der Waals surface area contributed by atoms with Crippen LogP contribution in [0.4, 0.5) is 5.69 Å². The molecule has 7 nitrogen and oxygen atoms in total. The van der Waals surface area contributed by atoms with E-state index in [4.69, 9.17) is 5.14 Å². The largest absolute Gasteiger partial charge is 0.321 e. The van der Waals surface area contributed by atoms with E-state index in [2.05, 4.69) is 26.3 Å². The van der Waals surface area contributed by atoms with Gasteiger partial charge in [0.1, 0.15) is 5.69 Å². The standard InChI is InChI=1S/C11H11BrN4O3S/c1-16-9(4-5-14-16)11(17)15-7-2-3-10(8(12)6-7)20(13,18)19/h2-6H,1H3,(H,15,17)(H2,13,18,19). The minimum Gasteiger partial charge on any atom is -0.321 e. The first-order chi connectivity index (χ1) is 9.29. The molecular weight excluding hydrogens is 348 g/mol. The smallest absolute Gasteiger partial charge is 0.273 e. The van der Waals surface area contributed by atoms with Gasteiger partial charge in [-0.25, -0.2) is 13.6 Å². The number of benzene rings is 1. The Balaban J connectivity index is 2.26. The summed E-state index contributed by atoms with van der Waals surface area (Å²) in [7, 11) is -2.15. The third-order valence-corrected chi connectivity index (χ3v) is 4.44. The molecule has 9 heteroatoms. The van der Waals surface area contributed by atoms with Crippen molar-refractivity contribution in [3.8, 4) is 0 Å². The van der Waals surface area contributed by atoms with Crippen LogP contribution in [0.5, 0.6) is 0 Å². The van der Waals surface area contributed by atoms with E-state index in [0.717, 1.165) is 0 Å². The number of amides is 1. The van der Waals surface area contributed by atoms with Crippen molar-refractivity contribution in [1.82, 2.24) is 9.78 Å². The maximum Gasteiger partial charge on any atom is 0.273 e. The normalized spacial score (nSPS) is 11.3. The van der Waals surface area contributed by atoms with E-state index in [1.807, 2.05) is 0 Å². The van der Waals surface area contributed by atoms with Crippen molar-refractivity contribution in [3.63, 3.8) is 0 Å². The van der Waals surface area contributed by atoms with Crippen LogP contribution in [0.2, 0.25) is 0 Å². The topological polar surface area (TPSA) is 107 Å². The number of halogens is 1. The Bertz CT molecular complexity index is 770. The quantitative estimate of drug-likeness (QED) is 0.855. The second-order valence-corrected chi connectivity index (χ2v) is 6.37. The van der Waals surface area contributed by atoms with E-state index in [1.165, 1.54) is 29.1 Å². The molecule has 0 bridgehead atoms. The number of carbonyl (C=O) groups excluding carboxylic acids is 1. The van der Waals surface area contributed by atoms with Gasteiger partial charge in [-0.05, 0) is 40.2 Å². The average Bonchev–Trinajstić information content (AvgIpc) is 2.73. The van der Waals surface area contributed by atoms with Gasteiger partial charge in [-0.1, -0.05) is 0 Å². The maximum absolute atomic E-state index is 12.0. The summed E-state index contributed by atoms with van der Waals surface area (Å²) in [5.41, 5.74) is 0.826. The van der Waals surface area contributed by atoms with E-state index in [9.17, 15) is 13.2 Å². The van der Waals surface area contributed by atoms with Crippen molar-refractivity contribution in [3.05, 3.63) is 40.6 Å². The summed E-state index contributed by atoms with van der Waals surface area (Å²) >= 11 is 3.11. The predicted octanol–water partition coefficient (Wildman–Crippen LogP) is 1.08. The number of sulfonamides is 1. The zero-order valence-corrected chi connectivity index (χ0v) is 12.8. The van der Waals surface area contributed by atoms with Crippen LogP contribution in [0.1, 0.15) is 10.5 Å². The molecule has 0 atom stereocenters. The van der Waals surface area contributed by atoms with Gasteiger partial charge in [-0.2, -0.15) is 5.10 Å². The lowest BCUT2D eigenvalue weighted by atomic mass is 10.3. The first-order valence-corrected chi connectivity index (χ1v) is 7.74. The van der Waals surface area contributed by atoms with Crippen molar-refractivity contribution in [2.24, 2.45) is 12.2 Å². The van der Waals surface area contributed by atoms with Crippen LogP contribution in [0.3, 0.4) is 0 Å². The number of primary sulfonamides is 1. The van der Waals surface area contributed by atoms with Crippen molar-refractivity contribution in [1.29, 1.82) is 0 Å². The summed E-state index contributed by atoms with van der Waals surface area (Å²) in [5.74, 6) is -0.347. The Labute approximate surface area is 124 Å². The van der Waals surface area contributed by atoms with Gasteiger partial charge in [-0.3, -0.25) is 9.48 Å². The van der Waals surface area contributed by atoms with Crippen LogP contribution in [-0.2, 0) is 17.1 Å². The average molecular weight is 359 g/mol. The van der Waals surface area contributed by atoms with E-state index in [0.29, 0.717) is 11.4 Å². The SMILES string of the molecule is Cn1nccc1C(=O)Nc1ccc(S(N)(=O)=O)c(Br)c1. The number of nitrogens with zero attached hydrogens (tertiary/aromatic N) is 2. The fourth-order valence-electron chi connectivity index (χ4n) is 1.60. The third-order valence-electron chi connectivity index (χ3n) is 2.55. The highest BCUT2D eigenvalue weighted by Crippen LogP contribution is 2.24. The minimum atomic E-state index is -3.80. The van der Waals surface area contributed by atoms with Crippen molar-refractivity contribution >= 4 is 37.5 Å². The second-order valence-electron chi connectivity index (χ2n) is 3.98. The van der Waals surface area contributed by atoms with Gasteiger partial charge in [0.2, 0.25) is 10.0 Å². The number of anilines is 1. The van der Waals surface area contributed by atoms with Gasteiger partial charge < -0.3 is 5.32 Å². The zero-order valence-electron chi connectivity index (χ0n) is 10.4. The molecule has 1 aromatic carbocycles. The van der Waals surface area contributed by atoms with E-state index >= 15 is 0 Å². The highest BCUT2D eigenvalue weighted by molar-refractivity contribution is 9.10. The van der Waals surface area contributed by atoms with Gasteiger partial charge in [0.05, 0.1) is 4.90 Å². The number of carbonyl (C=O) groups is 1. The molecule has 2 rings (SSSR count). The molecule has 1 aromatic heterocycles. The fraction of sp³-hybridized carbons (Fsp3) is 0.0909. The van der Waals surface area contributed by atoms with Crippen molar-refractivity contribution < 1.29 is 13.2 Å². The summed E-state index contributed by atoms with van der Waals surface area (Å²) in [4.78, 5) is 11.9. The number of nitrogens with two attached hydrogens (primary N) is 1. The molecule has 0 saturated carbocycles. The lowest BCUT2D eigenvalue weighted by Crippen LogP contribution is -2.17. The van der Waals surface area contributed by atoms with E-state index < -0.39 is 10.0 Å². The molecule has 106 valence electrons. The second kappa shape index (κ2) is 5.35. The summed E-state index contributed by atoms with van der Waals surface area (Å²) in [5, 5.41) is 11.6. The number of hydrogen-bond donors (Lipinski definition) is 2. The van der Waals surface area contributed by atoms with Crippen LogP contribution in [0.25, 0.3) is 0 Å². The van der Waals surface area contributed by atoms with Crippen LogP contribution in [0.15, 0.2) is 39.8 Å². The fourth-order valence-corrected chi connectivity index (χ4v) is 3.25. The first kappa shape index (κ1) is 14.7. The number of nitrogens with one attached hydrogen (secondary N) is 1. The first-order valence-electron chi connectivity index (χ1n) is 5.41. The van der Waals surface area contributed by atoms with Gasteiger partial charge in [0.25, 0.3) is 5.91 Å². The molecule has 0 fully saturated rings. The maximum atomic E-state index is 12.0. The highest BCUT2D eigenvalue weighted by atomic mass is 79.9. The summed E-state index contributed by atoms with van der Waals surface area (Å²) in [6.45, 7) is 0. The molecule has 0 saturated heterocycles. The Kier molecular flexibility index (Phi) is 3.93. The molecule has 1 amide bonds. The molecule has 0 unspecified atom stereocenters. The zero-order chi connectivity index (χ0) is 14.9. The summed E-state index contributed by atoms with van der Waals surface area (Å²) < 4.78 is 24.2. The van der Waals surface area contributed by atoms with E-state index in [1.54, 1.807) is 13.1 Å². The van der Waals surface area contributed by atoms with Crippen LogP contribution in [0, 0.1) is 0 Å². The summed E-state index contributed by atoms with van der Waals surface area (Å²) in [6.07, 6.45) is 1.51. The molecule has 0 aliphatic carbocycles. The Hall–Kier alpha value is -1.71. The third kappa shape index (κ3) is 3.06. The molecule has 0 spiro atoms.